The molecule has 0 bridgehead atoms. The van der Waals surface area contributed by atoms with Gasteiger partial charge >= 0.3 is 0 Å². The molecule has 0 saturated heterocycles. The normalized spacial score (nSPS) is 16.6. The van der Waals surface area contributed by atoms with E-state index >= 15 is 0 Å². The standard InChI is InChI=1S/C24H23FN2O2S/c1-16(28)27-13-12-17-5-2-3-6-20(17)21(27)15-23(29)26-24(22-7-4-14-30-22)18-8-10-19(25)11-9-18/h2-11,14,21,24H,12-13,15H2,1H3,(H,26,29). The van der Waals surface area contributed by atoms with Crippen molar-refractivity contribution in [1.82, 2.24) is 10.2 Å². The molecule has 2 unspecified atom stereocenters. The fraction of sp³-hybridized carbons (Fsp3) is 0.250. The van der Waals surface area contributed by atoms with Crippen LogP contribution in [-0.2, 0) is 16.0 Å². The van der Waals surface area contributed by atoms with Crippen LogP contribution >= 0.6 is 11.3 Å². The number of nitrogens with zero attached hydrogens (tertiary/aromatic N) is 1. The summed E-state index contributed by atoms with van der Waals surface area (Å²) in [5.41, 5.74) is 3.03. The third-order valence-corrected chi connectivity index (χ3v) is 6.47. The second kappa shape index (κ2) is 8.79. The summed E-state index contributed by atoms with van der Waals surface area (Å²) in [6.45, 7) is 2.16. The van der Waals surface area contributed by atoms with Crippen LogP contribution in [0, 0.1) is 5.82 Å². The van der Waals surface area contributed by atoms with Gasteiger partial charge in [-0.05, 0) is 46.7 Å². The van der Waals surface area contributed by atoms with Gasteiger partial charge in [-0.15, -0.1) is 11.3 Å². The van der Waals surface area contributed by atoms with Gasteiger partial charge in [0, 0.05) is 18.3 Å². The number of fused-ring (bicyclic) bond motifs is 1. The third kappa shape index (κ3) is 4.28. The topological polar surface area (TPSA) is 49.4 Å². The third-order valence-electron chi connectivity index (χ3n) is 5.53. The molecule has 0 fully saturated rings. The summed E-state index contributed by atoms with van der Waals surface area (Å²) < 4.78 is 13.4. The highest BCUT2D eigenvalue weighted by atomic mass is 32.1. The molecule has 3 aromatic rings. The van der Waals surface area contributed by atoms with Crippen molar-refractivity contribution in [3.8, 4) is 0 Å². The van der Waals surface area contributed by atoms with Gasteiger partial charge in [-0.25, -0.2) is 4.39 Å². The summed E-state index contributed by atoms with van der Waals surface area (Å²) in [5.74, 6) is -0.493. The molecule has 1 N–H and O–H groups in total. The van der Waals surface area contributed by atoms with E-state index in [1.165, 1.54) is 29.0 Å². The van der Waals surface area contributed by atoms with Crippen molar-refractivity contribution in [1.29, 1.82) is 0 Å². The Labute approximate surface area is 179 Å². The molecular formula is C24H23FN2O2S. The number of halogens is 1. The van der Waals surface area contributed by atoms with Gasteiger partial charge in [0.15, 0.2) is 0 Å². The van der Waals surface area contributed by atoms with Crippen molar-refractivity contribution in [3.63, 3.8) is 0 Å². The molecule has 0 saturated carbocycles. The summed E-state index contributed by atoms with van der Waals surface area (Å²) in [5, 5.41) is 5.06. The van der Waals surface area contributed by atoms with Crippen LogP contribution in [-0.4, -0.2) is 23.3 Å². The van der Waals surface area contributed by atoms with E-state index in [4.69, 9.17) is 0 Å². The molecule has 2 amide bonds. The molecule has 30 heavy (non-hydrogen) atoms. The lowest BCUT2D eigenvalue weighted by atomic mass is 9.90. The van der Waals surface area contributed by atoms with Crippen LogP contribution in [0.3, 0.4) is 0 Å². The van der Waals surface area contributed by atoms with E-state index in [0.717, 1.165) is 22.4 Å². The van der Waals surface area contributed by atoms with Gasteiger partial charge in [0.25, 0.3) is 0 Å². The average Bonchev–Trinajstić information content (AvgIpc) is 3.27. The molecule has 1 aromatic heterocycles. The van der Waals surface area contributed by atoms with Gasteiger partial charge in [0.1, 0.15) is 5.82 Å². The molecule has 2 heterocycles. The van der Waals surface area contributed by atoms with E-state index in [1.54, 1.807) is 24.0 Å². The predicted molar refractivity (Wildman–Crippen MR) is 116 cm³/mol. The van der Waals surface area contributed by atoms with Crippen molar-refractivity contribution in [2.45, 2.75) is 31.8 Å². The van der Waals surface area contributed by atoms with Crippen LogP contribution in [0.25, 0.3) is 0 Å². The second-order valence-electron chi connectivity index (χ2n) is 7.45. The SMILES string of the molecule is CC(=O)N1CCc2ccccc2C1CC(=O)NC(c1ccc(F)cc1)c1cccs1. The molecule has 0 aliphatic carbocycles. The fourth-order valence-corrected chi connectivity index (χ4v) is 4.88. The summed E-state index contributed by atoms with van der Waals surface area (Å²) in [7, 11) is 0. The molecule has 2 aromatic carbocycles. The lowest BCUT2D eigenvalue weighted by molar-refractivity contribution is -0.133. The van der Waals surface area contributed by atoms with E-state index in [0.29, 0.717) is 6.54 Å². The van der Waals surface area contributed by atoms with Crippen molar-refractivity contribution in [2.75, 3.05) is 6.54 Å². The van der Waals surface area contributed by atoms with Crippen LogP contribution in [0.2, 0.25) is 0 Å². The van der Waals surface area contributed by atoms with E-state index < -0.39 is 0 Å². The van der Waals surface area contributed by atoms with Crippen molar-refractivity contribution >= 4 is 23.2 Å². The van der Waals surface area contributed by atoms with E-state index in [-0.39, 0.29) is 36.1 Å². The van der Waals surface area contributed by atoms with Crippen LogP contribution in [0.4, 0.5) is 4.39 Å². The Balaban J connectivity index is 1.58. The monoisotopic (exact) mass is 422 g/mol. The molecule has 6 heteroatoms. The fourth-order valence-electron chi connectivity index (χ4n) is 4.07. The number of carbonyl (C=O) groups excluding carboxylic acids is 2. The van der Waals surface area contributed by atoms with E-state index in [1.807, 2.05) is 35.7 Å². The maximum absolute atomic E-state index is 13.4. The first-order chi connectivity index (χ1) is 14.5. The maximum Gasteiger partial charge on any atom is 0.223 e. The van der Waals surface area contributed by atoms with Crippen LogP contribution < -0.4 is 5.32 Å². The Morgan fingerprint density at radius 3 is 2.60 bits per heavy atom. The zero-order valence-electron chi connectivity index (χ0n) is 16.7. The van der Waals surface area contributed by atoms with Gasteiger partial charge in [-0.2, -0.15) is 0 Å². The Morgan fingerprint density at radius 1 is 1.13 bits per heavy atom. The van der Waals surface area contributed by atoms with Gasteiger partial charge in [-0.1, -0.05) is 42.5 Å². The second-order valence-corrected chi connectivity index (χ2v) is 8.43. The number of rotatable bonds is 5. The number of hydrogen-bond donors (Lipinski definition) is 1. The number of amides is 2. The van der Waals surface area contributed by atoms with Gasteiger partial charge in [0.05, 0.1) is 18.5 Å². The lowest BCUT2D eigenvalue weighted by Gasteiger charge is -2.36. The molecule has 2 atom stereocenters. The molecule has 0 spiro atoms. The Hall–Kier alpha value is -2.99. The summed E-state index contributed by atoms with van der Waals surface area (Å²) in [6, 6.07) is 17.4. The zero-order chi connectivity index (χ0) is 21.1. The Kier molecular flexibility index (Phi) is 5.95. The molecular weight excluding hydrogens is 399 g/mol. The minimum atomic E-state index is -0.359. The molecule has 1 aliphatic rings. The molecule has 0 radical (unpaired) electrons. The number of nitrogens with one attached hydrogen (secondary N) is 1. The van der Waals surface area contributed by atoms with Crippen molar-refractivity contribution < 1.29 is 14.0 Å². The van der Waals surface area contributed by atoms with Crippen LogP contribution in [0.1, 0.15) is 47.0 Å². The van der Waals surface area contributed by atoms with E-state index in [9.17, 15) is 14.0 Å². The zero-order valence-corrected chi connectivity index (χ0v) is 17.5. The Morgan fingerprint density at radius 2 is 1.90 bits per heavy atom. The summed E-state index contributed by atoms with van der Waals surface area (Å²) >= 11 is 1.54. The number of thiophene rings is 1. The average molecular weight is 423 g/mol. The van der Waals surface area contributed by atoms with Crippen LogP contribution in [0.5, 0.6) is 0 Å². The first kappa shape index (κ1) is 20.3. The molecule has 4 nitrogen and oxygen atoms in total. The van der Waals surface area contributed by atoms with Gasteiger partial charge in [-0.3, -0.25) is 9.59 Å². The van der Waals surface area contributed by atoms with Gasteiger partial charge < -0.3 is 10.2 Å². The number of benzene rings is 2. The summed E-state index contributed by atoms with van der Waals surface area (Å²) in [6.07, 6.45) is 0.973. The minimum absolute atomic E-state index is 0.0318. The first-order valence-corrected chi connectivity index (χ1v) is 10.8. The quantitative estimate of drug-likeness (QED) is 0.652. The molecule has 4 rings (SSSR count). The smallest absolute Gasteiger partial charge is 0.223 e. The highest BCUT2D eigenvalue weighted by Gasteiger charge is 2.31. The lowest BCUT2D eigenvalue weighted by Crippen LogP contribution is -2.41. The minimum Gasteiger partial charge on any atom is -0.344 e. The summed E-state index contributed by atoms with van der Waals surface area (Å²) in [4.78, 5) is 28.1. The predicted octanol–water partition coefficient (Wildman–Crippen LogP) is 4.63. The largest absolute Gasteiger partial charge is 0.344 e. The number of carbonyl (C=O) groups is 2. The Bertz CT molecular complexity index is 1030. The van der Waals surface area contributed by atoms with E-state index in [2.05, 4.69) is 11.4 Å². The van der Waals surface area contributed by atoms with Crippen molar-refractivity contribution in [3.05, 3.63) is 93.4 Å². The highest BCUT2D eigenvalue weighted by Crippen LogP contribution is 2.33. The highest BCUT2D eigenvalue weighted by molar-refractivity contribution is 7.10. The van der Waals surface area contributed by atoms with Crippen molar-refractivity contribution in [2.24, 2.45) is 0 Å². The molecule has 154 valence electrons. The molecule has 1 aliphatic heterocycles. The first-order valence-electron chi connectivity index (χ1n) is 9.96. The maximum atomic E-state index is 13.4. The van der Waals surface area contributed by atoms with Crippen LogP contribution in [0.15, 0.2) is 66.0 Å². The van der Waals surface area contributed by atoms with Gasteiger partial charge in [0.2, 0.25) is 11.8 Å². The number of hydrogen-bond acceptors (Lipinski definition) is 3.